The number of halogens is 1. The zero-order valence-corrected chi connectivity index (χ0v) is 12.7. The molecule has 0 saturated heterocycles. The molecule has 0 bridgehead atoms. The van der Waals surface area contributed by atoms with Crippen molar-refractivity contribution in [3.05, 3.63) is 51.4 Å². The van der Waals surface area contributed by atoms with Crippen molar-refractivity contribution >= 4 is 34.0 Å². The van der Waals surface area contributed by atoms with E-state index in [-0.39, 0.29) is 0 Å². The van der Waals surface area contributed by atoms with Gasteiger partial charge in [-0.05, 0) is 59.8 Å². The van der Waals surface area contributed by atoms with Crippen LogP contribution in [0.3, 0.4) is 0 Å². The zero-order chi connectivity index (χ0) is 13.1. The van der Waals surface area contributed by atoms with Crippen LogP contribution < -0.4 is 10.6 Å². The van der Waals surface area contributed by atoms with Crippen LogP contribution in [0.25, 0.3) is 0 Å². The van der Waals surface area contributed by atoms with Crippen molar-refractivity contribution in [1.82, 2.24) is 4.98 Å². The number of nitrogens with zero attached hydrogens (tertiary/aromatic N) is 2. The van der Waals surface area contributed by atoms with Crippen LogP contribution in [-0.2, 0) is 6.54 Å². The average molecular weight is 353 g/mol. The molecule has 0 aliphatic heterocycles. The Morgan fingerprint density at radius 1 is 1.28 bits per heavy atom. The molecule has 2 N–H and O–H groups in total. The summed E-state index contributed by atoms with van der Waals surface area (Å²) in [5.41, 5.74) is 9.97. The number of nitrogen functional groups attached to an aromatic ring is 1. The van der Waals surface area contributed by atoms with E-state index in [1.54, 1.807) is 0 Å². The van der Waals surface area contributed by atoms with Crippen LogP contribution in [0.2, 0.25) is 0 Å². The van der Waals surface area contributed by atoms with Gasteiger partial charge < -0.3 is 10.6 Å². The molecule has 2 rings (SSSR count). The first kappa shape index (κ1) is 13.1. The second-order valence-electron chi connectivity index (χ2n) is 4.33. The minimum absolute atomic E-state index is 0.756. The lowest BCUT2D eigenvalue weighted by Gasteiger charge is -2.21. The first-order valence-electron chi connectivity index (χ1n) is 5.75. The van der Waals surface area contributed by atoms with Crippen molar-refractivity contribution in [2.24, 2.45) is 0 Å². The smallest absolute Gasteiger partial charge is 0.0601 e. The van der Waals surface area contributed by atoms with Crippen LogP contribution >= 0.6 is 22.6 Å². The molecule has 94 valence electrons. The number of anilines is 2. The van der Waals surface area contributed by atoms with Crippen LogP contribution in [0.5, 0.6) is 0 Å². The Hall–Kier alpha value is -1.30. The largest absolute Gasteiger partial charge is 0.397 e. The summed E-state index contributed by atoms with van der Waals surface area (Å²) in [5, 5.41) is 0. The molecule has 3 nitrogen and oxygen atoms in total. The molecule has 0 atom stereocenters. The van der Waals surface area contributed by atoms with E-state index >= 15 is 0 Å². The lowest BCUT2D eigenvalue weighted by molar-refractivity contribution is 0.878. The highest BCUT2D eigenvalue weighted by atomic mass is 127. The lowest BCUT2D eigenvalue weighted by Crippen LogP contribution is -2.18. The van der Waals surface area contributed by atoms with Gasteiger partial charge in [-0.25, -0.2) is 0 Å². The standard InChI is InChI=1S/C14H16IN3/c1-10-4-3-5-12(17-10)9-18(2)14-7-6-11(15)8-13(14)16/h3-8H,9,16H2,1-2H3. The fourth-order valence-corrected chi connectivity index (χ4v) is 2.40. The highest BCUT2D eigenvalue weighted by Gasteiger charge is 2.07. The van der Waals surface area contributed by atoms with Gasteiger partial charge in [0.2, 0.25) is 0 Å². The molecule has 0 aliphatic carbocycles. The second kappa shape index (κ2) is 5.56. The van der Waals surface area contributed by atoms with Gasteiger partial charge in [0, 0.05) is 16.3 Å². The summed E-state index contributed by atoms with van der Waals surface area (Å²) < 4.78 is 1.15. The van der Waals surface area contributed by atoms with Crippen molar-refractivity contribution in [1.29, 1.82) is 0 Å². The third-order valence-corrected chi connectivity index (χ3v) is 3.42. The van der Waals surface area contributed by atoms with Gasteiger partial charge in [0.25, 0.3) is 0 Å². The van der Waals surface area contributed by atoms with Gasteiger partial charge in [-0.3, -0.25) is 4.98 Å². The van der Waals surface area contributed by atoms with Gasteiger partial charge in [-0.15, -0.1) is 0 Å². The molecule has 1 heterocycles. The summed E-state index contributed by atoms with van der Waals surface area (Å²) >= 11 is 2.26. The summed E-state index contributed by atoms with van der Waals surface area (Å²) in [6, 6.07) is 12.2. The number of pyridine rings is 1. The van der Waals surface area contributed by atoms with Crippen LogP contribution in [0.4, 0.5) is 11.4 Å². The number of aryl methyl sites for hydroxylation is 1. The normalized spacial score (nSPS) is 10.4. The van der Waals surface area contributed by atoms with E-state index in [1.165, 1.54) is 0 Å². The molecule has 0 radical (unpaired) electrons. The fraction of sp³-hybridized carbons (Fsp3) is 0.214. The number of hydrogen-bond acceptors (Lipinski definition) is 3. The Balaban J connectivity index is 2.19. The number of aromatic nitrogens is 1. The quantitative estimate of drug-likeness (QED) is 0.681. The Morgan fingerprint density at radius 3 is 2.72 bits per heavy atom. The summed E-state index contributed by atoms with van der Waals surface area (Å²) in [6.45, 7) is 2.76. The van der Waals surface area contributed by atoms with E-state index in [4.69, 9.17) is 5.73 Å². The highest BCUT2D eigenvalue weighted by molar-refractivity contribution is 14.1. The molecular weight excluding hydrogens is 337 g/mol. The molecule has 0 spiro atoms. The van der Waals surface area contributed by atoms with Gasteiger partial charge in [-0.1, -0.05) is 6.07 Å². The Kier molecular flexibility index (Phi) is 4.06. The average Bonchev–Trinajstić information content (AvgIpc) is 2.28. The van der Waals surface area contributed by atoms with E-state index in [9.17, 15) is 0 Å². The molecule has 0 saturated carbocycles. The number of benzene rings is 1. The van der Waals surface area contributed by atoms with Crippen LogP contribution in [0.1, 0.15) is 11.4 Å². The Morgan fingerprint density at radius 2 is 2.06 bits per heavy atom. The summed E-state index contributed by atoms with van der Waals surface area (Å²) in [7, 11) is 2.03. The molecule has 0 unspecified atom stereocenters. The first-order chi connectivity index (χ1) is 8.56. The molecule has 2 aromatic rings. The third kappa shape index (κ3) is 3.13. The highest BCUT2D eigenvalue weighted by Crippen LogP contribution is 2.25. The van der Waals surface area contributed by atoms with E-state index in [0.717, 1.165) is 32.9 Å². The Bertz CT molecular complexity index is 554. The molecule has 18 heavy (non-hydrogen) atoms. The SMILES string of the molecule is Cc1cccc(CN(C)c2ccc(I)cc2N)n1. The van der Waals surface area contributed by atoms with Gasteiger partial charge in [0.1, 0.15) is 0 Å². The Labute approximate surface area is 121 Å². The predicted octanol–water partition coefficient (Wildman–Crippen LogP) is 3.21. The number of hydrogen-bond donors (Lipinski definition) is 1. The van der Waals surface area contributed by atoms with Crippen molar-refractivity contribution < 1.29 is 0 Å². The van der Waals surface area contributed by atoms with Crippen LogP contribution in [0.15, 0.2) is 36.4 Å². The molecule has 1 aromatic carbocycles. The molecule has 4 heteroatoms. The first-order valence-corrected chi connectivity index (χ1v) is 6.83. The van der Waals surface area contributed by atoms with E-state index in [2.05, 4.69) is 38.5 Å². The van der Waals surface area contributed by atoms with Gasteiger partial charge in [0.15, 0.2) is 0 Å². The monoisotopic (exact) mass is 353 g/mol. The minimum Gasteiger partial charge on any atom is -0.397 e. The van der Waals surface area contributed by atoms with Gasteiger partial charge in [-0.2, -0.15) is 0 Å². The van der Waals surface area contributed by atoms with E-state index < -0.39 is 0 Å². The molecular formula is C14H16IN3. The lowest BCUT2D eigenvalue weighted by atomic mass is 10.2. The third-order valence-electron chi connectivity index (χ3n) is 2.75. The summed E-state index contributed by atoms with van der Waals surface area (Å²) in [5.74, 6) is 0. The van der Waals surface area contributed by atoms with Crippen LogP contribution in [0, 0.1) is 10.5 Å². The molecule has 0 fully saturated rings. The van der Waals surface area contributed by atoms with Crippen LogP contribution in [-0.4, -0.2) is 12.0 Å². The molecule has 0 aliphatic rings. The second-order valence-corrected chi connectivity index (χ2v) is 5.58. The number of nitrogens with two attached hydrogens (primary N) is 1. The topological polar surface area (TPSA) is 42.1 Å². The molecule has 1 aromatic heterocycles. The maximum Gasteiger partial charge on any atom is 0.0601 e. The van der Waals surface area contributed by atoms with Crippen molar-refractivity contribution in [3.63, 3.8) is 0 Å². The summed E-state index contributed by atoms with van der Waals surface area (Å²) in [6.07, 6.45) is 0. The number of rotatable bonds is 3. The van der Waals surface area contributed by atoms with Crippen molar-refractivity contribution in [3.8, 4) is 0 Å². The fourth-order valence-electron chi connectivity index (χ4n) is 1.89. The van der Waals surface area contributed by atoms with Gasteiger partial charge >= 0.3 is 0 Å². The maximum atomic E-state index is 6.04. The predicted molar refractivity (Wildman–Crippen MR) is 84.7 cm³/mol. The zero-order valence-electron chi connectivity index (χ0n) is 10.5. The van der Waals surface area contributed by atoms with E-state index in [1.807, 2.05) is 44.3 Å². The van der Waals surface area contributed by atoms with Crippen molar-refractivity contribution in [2.75, 3.05) is 17.7 Å². The van der Waals surface area contributed by atoms with E-state index in [0.29, 0.717) is 0 Å². The molecule has 0 amide bonds. The summed E-state index contributed by atoms with van der Waals surface area (Å²) in [4.78, 5) is 6.62. The maximum absolute atomic E-state index is 6.04. The van der Waals surface area contributed by atoms with Crippen molar-refractivity contribution in [2.45, 2.75) is 13.5 Å². The minimum atomic E-state index is 0.756. The van der Waals surface area contributed by atoms with Gasteiger partial charge in [0.05, 0.1) is 23.6 Å².